The van der Waals surface area contributed by atoms with Crippen LogP contribution in [-0.4, -0.2) is 34.6 Å². The zero-order valence-electron chi connectivity index (χ0n) is 17.8. The molecule has 2 N–H and O–H groups in total. The summed E-state index contributed by atoms with van der Waals surface area (Å²) in [5.74, 6) is 1.23. The highest BCUT2D eigenvalue weighted by molar-refractivity contribution is 5.97. The van der Waals surface area contributed by atoms with Crippen molar-refractivity contribution in [2.45, 2.75) is 65.3 Å². The van der Waals surface area contributed by atoms with Crippen LogP contribution in [0.3, 0.4) is 0 Å². The Morgan fingerprint density at radius 3 is 2.24 bits per heavy atom. The Morgan fingerprint density at radius 1 is 1.14 bits per heavy atom. The number of para-hydroxylation sites is 1. The molecule has 1 fully saturated rings. The number of urea groups is 1. The first-order valence-corrected chi connectivity index (χ1v) is 10.2. The number of nitrogens with one attached hydrogen (secondary N) is 2. The fourth-order valence-corrected chi connectivity index (χ4v) is 3.39. The van der Waals surface area contributed by atoms with Crippen molar-refractivity contribution in [1.29, 1.82) is 0 Å². The molecule has 3 amide bonds. The first-order chi connectivity index (χ1) is 13.8. The summed E-state index contributed by atoms with van der Waals surface area (Å²) in [7, 11) is 0. The van der Waals surface area contributed by atoms with E-state index >= 15 is 0 Å². The molecule has 0 atom stereocenters. The number of hydrogen-bond acceptors (Lipinski definition) is 4. The molecule has 0 bridgehead atoms. The molecule has 1 aliphatic carbocycles. The van der Waals surface area contributed by atoms with Gasteiger partial charge >= 0.3 is 6.03 Å². The largest absolute Gasteiger partial charge is 0.360 e. The molecule has 1 aliphatic rings. The minimum atomic E-state index is -0.290. The second kappa shape index (κ2) is 8.68. The lowest BCUT2D eigenvalue weighted by molar-refractivity contribution is -0.116. The third kappa shape index (κ3) is 5.16. The molecule has 156 valence electrons. The first kappa shape index (κ1) is 20.9. The maximum Gasteiger partial charge on any atom is 0.322 e. The Morgan fingerprint density at radius 2 is 1.76 bits per heavy atom. The number of carbonyl (C=O) groups is 2. The van der Waals surface area contributed by atoms with E-state index < -0.39 is 0 Å². The predicted molar refractivity (Wildman–Crippen MR) is 113 cm³/mol. The lowest BCUT2D eigenvalue weighted by Crippen LogP contribution is -2.42. The topological polar surface area (TPSA) is 87.5 Å². The highest BCUT2D eigenvalue weighted by Gasteiger charge is 2.34. The molecule has 1 aromatic carbocycles. The number of anilines is 2. The maximum atomic E-state index is 13.1. The molecule has 0 unspecified atom stereocenters. The van der Waals surface area contributed by atoms with Crippen LogP contribution >= 0.6 is 0 Å². The first-order valence-electron chi connectivity index (χ1n) is 10.2. The Hall–Kier alpha value is -2.83. The molecule has 3 rings (SSSR count). The van der Waals surface area contributed by atoms with Crippen molar-refractivity contribution < 1.29 is 14.1 Å². The molecule has 29 heavy (non-hydrogen) atoms. The Balaban J connectivity index is 1.76. The summed E-state index contributed by atoms with van der Waals surface area (Å²) >= 11 is 0. The SMILES string of the molecule is Cc1cc(NC(=O)CN(C(=O)Nc2c(C(C)C)cccc2C(C)C)C2CC2)no1. The van der Waals surface area contributed by atoms with Crippen LogP contribution in [0, 0.1) is 6.92 Å². The van der Waals surface area contributed by atoms with E-state index in [0.717, 1.165) is 29.7 Å². The Kier molecular flexibility index (Phi) is 6.25. The molecular weight excluding hydrogens is 368 g/mol. The van der Waals surface area contributed by atoms with Gasteiger partial charge in [0.2, 0.25) is 5.91 Å². The van der Waals surface area contributed by atoms with Gasteiger partial charge in [0.25, 0.3) is 0 Å². The van der Waals surface area contributed by atoms with E-state index in [1.54, 1.807) is 17.9 Å². The van der Waals surface area contributed by atoms with Crippen molar-refractivity contribution in [3.63, 3.8) is 0 Å². The minimum Gasteiger partial charge on any atom is -0.360 e. The Labute approximate surface area is 171 Å². The van der Waals surface area contributed by atoms with Crippen molar-refractivity contribution in [2.24, 2.45) is 0 Å². The summed E-state index contributed by atoms with van der Waals surface area (Å²) in [4.78, 5) is 27.2. The number of amides is 3. The van der Waals surface area contributed by atoms with Crippen LogP contribution in [0.25, 0.3) is 0 Å². The number of hydrogen-bond donors (Lipinski definition) is 2. The van der Waals surface area contributed by atoms with E-state index in [1.165, 1.54) is 0 Å². The summed E-state index contributed by atoms with van der Waals surface area (Å²) in [5.41, 5.74) is 3.06. The van der Waals surface area contributed by atoms with Gasteiger partial charge in [-0.25, -0.2) is 4.79 Å². The van der Waals surface area contributed by atoms with Crippen molar-refractivity contribution in [1.82, 2.24) is 10.1 Å². The fraction of sp³-hybridized carbons (Fsp3) is 0.500. The van der Waals surface area contributed by atoms with Crippen LogP contribution in [0.5, 0.6) is 0 Å². The van der Waals surface area contributed by atoms with Gasteiger partial charge in [0.15, 0.2) is 5.82 Å². The van der Waals surface area contributed by atoms with Gasteiger partial charge in [-0.05, 0) is 42.7 Å². The molecule has 0 aliphatic heterocycles. The van der Waals surface area contributed by atoms with Crippen LogP contribution in [0.4, 0.5) is 16.3 Å². The lowest BCUT2D eigenvalue weighted by Gasteiger charge is -2.25. The molecule has 0 saturated heterocycles. The second-order valence-electron chi connectivity index (χ2n) is 8.28. The van der Waals surface area contributed by atoms with E-state index in [9.17, 15) is 9.59 Å². The lowest BCUT2D eigenvalue weighted by atomic mass is 9.93. The van der Waals surface area contributed by atoms with Gasteiger partial charge in [-0.15, -0.1) is 0 Å². The summed E-state index contributed by atoms with van der Waals surface area (Å²) in [6.45, 7) is 10.2. The molecule has 0 radical (unpaired) electrons. The maximum absolute atomic E-state index is 13.1. The molecular formula is C22H30N4O3. The van der Waals surface area contributed by atoms with Crippen molar-refractivity contribution in [2.75, 3.05) is 17.2 Å². The number of benzene rings is 1. The predicted octanol–water partition coefficient (Wildman–Crippen LogP) is 4.86. The third-order valence-corrected chi connectivity index (χ3v) is 5.06. The molecule has 2 aromatic rings. The van der Waals surface area contributed by atoms with Gasteiger partial charge in [-0.1, -0.05) is 51.1 Å². The van der Waals surface area contributed by atoms with Crippen LogP contribution in [0.2, 0.25) is 0 Å². The van der Waals surface area contributed by atoms with Crippen molar-refractivity contribution in [3.05, 3.63) is 41.2 Å². The van der Waals surface area contributed by atoms with Gasteiger partial charge in [-0.3, -0.25) is 4.79 Å². The van der Waals surface area contributed by atoms with E-state index in [1.807, 2.05) is 18.2 Å². The number of aryl methyl sites for hydroxylation is 1. The summed E-state index contributed by atoms with van der Waals surface area (Å²) in [6.07, 6.45) is 1.82. The van der Waals surface area contributed by atoms with Crippen LogP contribution < -0.4 is 10.6 Å². The van der Waals surface area contributed by atoms with Crippen LogP contribution in [-0.2, 0) is 4.79 Å². The normalized spacial score (nSPS) is 13.6. The zero-order chi connectivity index (χ0) is 21.1. The summed E-state index contributed by atoms with van der Waals surface area (Å²) < 4.78 is 4.97. The Bertz CT molecular complexity index is 858. The monoisotopic (exact) mass is 398 g/mol. The van der Waals surface area contributed by atoms with Crippen LogP contribution in [0.1, 0.15) is 69.3 Å². The summed E-state index contributed by atoms with van der Waals surface area (Å²) in [5, 5.41) is 9.57. The van der Waals surface area contributed by atoms with Gasteiger partial charge in [0.05, 0.1) is 0 Å². The van der Waals surface area contributed by atoms with E-state index in [0.29, 0.717) is 11.6 Å². The number of rotatable bonds is 7. The van der Waals surface area contributed by atoms with Crippen molar-refractivity contribution in [3.8, 4) is 0 Å². The average molecular weight is 399 g/mol. The third-order valence-electron chi connectivity index (χ3n) is 5.06. The van der Waals surface area contributed by atoms with E-state index in [2.05, 4.69) is 43.5 Å². The summed E-state index contributed by atoms with van der Waals surface area (Å²) in [6, 6.07) is 7.63. The number of aromatic nitrogens is 1. The van der Waals surface area contributed by atoms with E-state index in [4.69, 9.17) is 4.52 Å². The number of nitrogens with zero attached hydrogens (tertiary/aromatic N) is 2. The highest BCUT2D eigenvalue weighted by Crippen LogP contribution is 2.34. The molecule has 1 heterocycles. The van der Waals surface area contributed by atoms with Crippen LogP contribution in [0.15, 0.2) is 28.8 Å². The van der Waals surface area contributed by atoms with Gasteiger partial charge in [0, 0.05) is 17.8 Å². The molecule has 0 spiro atoms. The fourth-order valence-electron chi connectivity index (χ4n) is 3.39. The molecule has 1 aromatic heterocycles. The smallest absolute Gasteiger partial charge is 0.322 e. The molecule has 7 heteroatoms. The second-order valence-corrected chi connectivity index (χ2v) is 8.28. The average Bonchev–Trinajstić information content (AvgIpc) is 3.41. The van der Waals surface area contributed by atoms with Gasteiger partial charge in [0.1, 0.15) is 12.3 Å². The van der Waals surface area contributed by atoms with Gasteiger partial charge < -0.3 is 20.1 Å². The zero-order valence-corrected chi connectivity index (χ0v) is 17.8. The van der Waals surface area contributed by atoms with Gasteiger partial charge in [-0.2, -0.15) is 0 Å². The number of carbonyl (C=O) groups excluding carboxylic acids is 2. The molecule has 7 nitrogen and oxygen atoms in total. The van der Waals surface area contributed by atoms with Crippen molar-refractivity contribution >= 4 is 23.4 Å². The van der Waals surface area contributed by atoms with E-state index in [-0.39, 0.29) is 36.4 Å². The standard InChI is InChI=1S/C22H30N4O3/c1-13(2)17-7-6-8-18(14(3)4)21(17)24-22(28)26(16-9-10-16)12-20(27)23-19-11-15(5)29-25-19/h6-8,11,13-14,16H,9-10,12H2,1-5H3,(H,24,28)(H,23,25,27). The quantitative estimate of drug-likeness (QED) is 0.697. The molecule has 1 saturated carbocycles. The minimum absolute atomic E-state index is 0.0245. The highest BCUT2D eigenvalue weighted by atomic mass is 16.5.